The normalized spacial score (nSPS) is 15.1. The highest BCUT2D eigenvalue weighted by Crippen LogP contribution is 2.33. The molecule has 10 heteroatoms. The molecule has 30 heavy (non-hydrogen) atoms. The summed E-state index contributed by atoms with van der Waals surface area (Å²) in [5.74, 6) is 0.667. The van der Waals surface area contributed by atoms with Gasteiger partial charge in [0.1, 0.15) is 17.3 Å². The molecule has 0 aliphatic heterocycles. The first-order valence-corrected chi connectivity index (χ1v) is 9.88. The first-order chi connectivity index (χ1) is 14.3. The van der Waals surface area contributed by atoms with Crippen molar-refractivity contribution in [2.24, 2.45) is 0 Å². The molecule has 0 unspecified atom stereocenters. The average molecular weight is 422 g/mol. The number of hydrogen-bond acceptors (Lipinski definition) is 5. The molecule has 1 saturated carbocycles. The van der Waals surface area contributed by atoms with Crippen molar-refractivity contribution >= 4 is 11.2 Å². The van der Waals surface area contributed by atoms with Crippen molar-refractivity contribution in [1.29, 1.82) is 0 Å². The molecule has 0 radical (unpaired) electrons. The van der Waals surface area contributed by atoms with Gasteiger partial charge >= 0.3 is 12.4 Å². The number of hydrogen-bond donors (Lipinski definition) is 1. The van der Waals surface area contributed by atoms with E-state index in [0.29, 0.717) is 18.5 Å². The first-order valence-electron chi connectivity index (χ1n) is 9.88. The number of alkyl halides is 3. The van der Waals surface area contributed by atoms with Gasteiger partial charge in [0.2, 0.25) is 0 Å². The van der Waals surface area contributed by atoms with Crippen LogP contribution in [0.4, 0.5) is 13.2 Å². The van der Waals surface area contributed by atoms with E-state index in [9.17, 15) is 18.0 Å². The van der Waals surface area contributed by atoms with Gasteiger partial charge < -0.3 is 14.5 Å². The highest BCUT2D eigenvalue weighted by Gasteiger charge is 2.31. The minimum atomic E-state index is -4.81. The van der Waals surface area contributed by atoms with Gasteiger partial charge in [0, 0.05) is 18.5 Å². The Balaban J connectivity index is 1.71. The van der Waals surface area contributed by atoms with E-state index in [1.165, 1.54) is 16.7 Å². The Bertz CT molecular complexity index is 1100. The van der Waals surface area contributed by atoms with Crippen molar-refractivity contribution in [2.45, 2.75) is 57.9 Å². The van der Waals surface area contributed by atoms with Gasteiger partial charge in [0.15, 0.2) is 11.2 Å². The summed E-state index contributed by atoms with van der Waals surface area (Å²) < 4.78 is 48.4. The van der Waals surface area contributed by atoms with Gasteiger partial charge in [-0.2, -0.15) is 4.98 Å². The number of fused-ring (bicyclic) bond motifs is 1. The third-order valence-electron chi connectivity index (χ3n) is 5.03. The molecule has 0 atom stereocenters. The largest absolute Gasteiger partial charge is 0.573 e. The molecule has 0 bridgehead atoms. The summed E-state index contributed by atoms with van der Waals surface area (Å²) in [5, 5.41) is 0. The molecule has 0 saturated heterocycles. The predicted octanol–water partition coefficient (Wildman–Crippen LogP) is 4.88. The molecule has 7 nitrogen and oxygen atoms in total. The molecule has 2 heterocycles. The summed E-state index contributed by atoms with van der Waals surface area (Å²) in [6.45, 7) is 2.24. The molecule has 2 aromatic heterocycles. The summed E-state index contributed by atoms with van der Waals surface area (Å²) >= 11 is 0. The second-order valence-electron chi connectivity index (χ2n) is 7.28. The molecule has 1 N–H and O–H groups in total. The lowest BCUT2D eigenvalue weighted by Crippen LogP contribution is -2.23. The van der Waals surface area contributed by atoms with Gasteiger partial charge in [0.05, 0.1) is 0 Å². The fourth-order valence-corrected chi connectivity index (χ4v) is 3.72. The van der Waals surface area contributed by atoms with Gasteiger partial charge in [-0.25, -0.2) is 4.98 Å². The number of ether oxygens (including phenoxy) is 2. The van der Waals surface area contributed by atoms with Crippen LogP contribution in [0.25, 0.3) is 11.2 Å². The smallest absolute Gasteiger partial charge is 0.425 e. The van der Waals surface area contributed by atoms with E-state index in [-0.39, 0.29) is 28.9 Å². The van der Waals surface area contributed by atoms with Crippen molar-refractivity contribution in [2.75, 3.05) is 0 Å². The summed E-state index contributed by atoms with van der Waals surface area (Å²) in [4.78, 5) is 25.0. The Labute approximate surface area is 169 Å². The van der Waals surface area contributed by atoms with Crippen LogP contribution < -0.4 is 15.0 Å². The molecule has 1 aliphatic carbocycles. The molecular formula is C20H21F3N4O3. The zero-order valence-electron chi connectivity index (χ0n) is 16.3. The molecule has 1 fully saturated rings. The average Bonchev–Trinajstić information content (AvgIpc) is 3.33. The second-order valence-corrected chi connectivity index (χ2v) is 7.28. The second kappa shape index (κ2) is 8.00. The number of nitrogens with one attached hydrogen (secondary N) is 1. The van der Waals surface area contributed by atoms with Gasteiger partial charge in [0.25, 0.3) is 5.56 Å². The standard InChI is InChI=1S/C20H21F3N4O3/c1-2-10-27-18(28)15-17(25-16(24-15)12-6-3-4-7-12)26-19(27)29-13-8-5-9-14(11-13)30-20(21,22)23/h5,8-9,11-12H,2-4,6-7,10H2,1H3,(H,24,25). The topological polar surface area (TPSA) is 82.0 Å². The number of aromatic nitrogens is 4. The first kappa shape index (κ1) is 20.2. The van der Waals surface area contributed by atoms with Crippen LogP contribution in [0.5, 0.6) is 17.5 Å². The SMILES string of the molecule is CCCn1c(Oc2cccc(OC(F)(F)F)c2)nc2nc(C3CCCC3)[nH]c2c1=O. The Morgan fingerprint density at radius 1 is 1.20 bits per heavy atom. The fourth-order valence-electron chi connectivity index (χ4n) is 3.72. The highest BCUT2D eigenvalue weighted by molar-refractivity contribution is 5.70. The molecule has 0 spiro atoms. The summed E-state index contributed by atoms with van der Waals surface area (Å²) in [6.07, 6.45) is 0.104. The monoisotopic (exact) mass is 422 g/mol. The maximum Gasteiger partial charge on any atom is 0.573 e. The number of imidazole rings is 1. The van der Waals surface area contributed by atoms with Crippen LogP contribution in [0.1, 0.15) is 50.8 Å². The maximum absolute atomic E-state index is 13.0. The van der Waals surface area contributed by atoms with Crippen LogP contribution >= 0.6 is 0 Å². The van der Waals surface area contributed by atoms with Crippen LogP contribution in [0.3, 0.4) is 0 Å². The van der Waals surface area contributed by atoms with E-state index in [2.05, 4.69) is 19.7 Å². The third kappa shape index (κ3) is 4.27. The summed E-state index contributed by atoms with van der Waals surface area (Å²) in [7, 11) is 0. The fraction of sp³-hybridized carbons (Fsp3) is 0.450. The van der Waals surface area contributed by atoms with Crippen molar-refractivity contribution in [1.82, 2.24) is 19.5 Å². The number of nitrogens with zero attached hydrogens (tertiary/aromatic N) is 3. The number of H-pyrrole nitrogens is 1. The minimum absolute atomic E-state index is 0.0250. The predicted molar refractivity (Wildman–Crippen MR) is 103 cm³/mol. The Morgan fingerprint density at radius 2 is 1.93 bits per heavy atom. The van der Waals surface area contributed by atoms with Crippen LogP contribution in [-0.4, -0.2) is 25.9 Å². The Kier molecular flexibility index (Phi) is 5.40. The van der Waals surface area contributed by atoms with Gasteiger partial charge in [-0.05, 0) is 31.4 Å². The van der Waals surface area contributed by atoms with Crippen LogP contribution in [0.15, 0.2) is 29.1 Å². The van der Waals surface area contributed by atoms with E-state index >= 15 is 0 Å². The lowest BCUT2D eigenvalue weighted by molar-refractivity contribution is -0.274. The number of benzene rings is 1. The zero-order valence-corrected chi connectivity index (χ0v) is 16.3. The van der Waals surface area contributed by atoms with Crippen molar-refractivity contribution in [3.05, 3.63) is 40.4 Å². The van der Waals surface area contributed by atoms with Gasteiger partial charge in [-0.15, -0.1) is 13.2 Å². The number of aromatic amines is 1. The minimum Gasteiger partial charge on any atom is -0.425 e. The number of rotatable bonds is 6. The summed E-state index contributed by atoms with van der Waals surface area (Å²) in [5.41, 5.74) is 0.232. The zero-order chi connectivity index (χ0) is 21.3. The highest BCUT2D eigenvalue weighted by atomic mass is 19.4. The molecule has 3 aromatic rings. The quantitative estimate of drug-likeness (QED) is 0.612. The number of halogens is 3. The van der Waals surface area contributed by atoms with E-state index in [1.807, 2.05) is 6.92 Å². The Morgan fingerprint density at radius 3 is 2.63 bits per heavy atom. The van der Waals surface area contributed by atoms with E-state index in [4.69, 9.17) is 4.74 Å². The van der Waals surface area contributed by atoms with Gasteiger partial charge in [-0.1, -0.05) is 25.8 Å². The van der Waals surface area contributed by atoms with Crippen molar-refractivity contribution < 1.29 is 22.6 Å². The molecule has 1 aliphatic rings. The van der Waals surface area contributed by atoms with E-state index in [1.54, 1.807) is 0 Å². The molecule has 4 rings (SSSR count). The molecule has 1 aromatic carbocycles. The van der Waals surface area contributed by atoms with Crippen LogP contribution in [0, 0.1) is 0 Å². The molecule has 160 valence electrons. The molecular weight excluding hydrogens is 401 g/mol. The van der Waals surface area contributed by atoms with Gasteiger partial charge in [-0.3, -0.25) is 9.36 Å². The molecule has 0 amide bonds. The summed E-state index contributed by atoms with van der Waals surface area (Å²) in [6, 6.07) is 5.06. The lowest BCUT2D eigenvalue weighted by atomic mass is 10.1. The third-order valence-corrected chi connectivity index (χ3v) is 5.03. The van der Waals surface area contributed by atoms with E-state index in [0.717, 1.165) is 43.6 Å². The Hall–Kier alpha value is -3.04. The maximum atomic E-state index is 13.0. The van der Waals surface area contributed by atoms with Crippen molar-refractivity contribution in [3.63, 3.8) is 0 Å². The van der Waals surface area contributed by atoms with Crippen LogP contribution in [-0.2, 0) is 6.54 Å². The lowest BCUT2D eigenvalue weighted by Gasteiger charge is -2.13. The van der Waals surface area contributed by atoms with Crippen molar-refractivity contribution in [3.8, 4) is 17.5 Å². The van der Waals surface area contributed by atoms with Crippen LogP contribution in [0.2, 0.25) is 0 Å². The van der Waals surface area contributed by atoms with E-state index < -0.39 is 12.1 Å².